The number of hydrogen-bond donors (Lipinski definition) is 1. The summed E-state index contributed by atoms with van der Waals surface area (Å²) in [6, 6.07) is 6.15. The highest BCUT2D eigenvalue weighted by Gasteiger charge is 2.33. The highest BCUT2D eigenvalue weighted by Crippen LogP contribution is 2.28. The van der Waals surface area contributed by atoms with Crippen molar-refractivity contribution >= 4 is 0 Å². The Hall–Kier alpha value is -1.17. The molecule has 0 amide bonds. The molecule has 1 aromatic rings. The Kier molecular flexibility index (Phi) is 6.09. The lowest BCUT2D eigenvalue weighted by Crippen LogP contribution is -2.56. The van der Waals surface area contributed by atoms with Gasteiger partial charge in [-0.05, 0) is 25.3 Å². The molecule has 3 rings (SSSR count). The van der Waals surface area contributed by atoms with Gasteiger partial charge in [-0.3, -0.25) is 9.80 Å². The molecule has 2 aliphatic rings. The molecule has 1 heterocycles. The van der Waals surface area contributed by atoms with E-state index in [0.717, 1.165) is 26.1 Å². The van der Waals surface area contributed by atoms with Crippen molar-refractivity contribution in [2.75, 3.05) is 33.4 Å². The van der Waals surface area contributed by atoms with Crippen LogP contribution >= 0.6 is 0 Å². The quantitative estimate of drug-likeness (QED) is 0.866. The topological polar surface area (TPSA) is 35.9 Å². The number of piperazine rings is 1. The van der Waals surface area contributed by atoms with Gasteiger partial charge in [-0.15, -0.1) is 0 Å². The number of halogens is 1. The average Bonchev–Trinajstić information content (AvgIpc) is 3.11. The zero-order valence-electron chi connectivity index (χ0n) is 14.6. The third-order valence-electron chi connectivity index (χ3n) is 5.52. The second kappa shape index (κ2) is 8.28. The fraction of sp³-hybridized carbons (Fsp3) is 0.684. The maximum Gasteiger partial charge on any atom is 0.131 e. The molecule has 2 fully saturated rings. The minimum absolute atomic E-state index is 0.203. The van der Waals surface area contributed by atoms with Crippen LogP contribution in [0.1, 0.15) is 37.7 Å². The molecule has 1 saturated heterocycles. The lowest BCUT2D eigenvalue weighted by atomic mass is 10.0. The molecule has 134 valence electrons. The summed E-state index contributed by atoms with van der Waals surface area (Å²) < 4.78 is 19.3. The van der Waals surface area contributed by atoms with Gasteiger partial charge in [-0.1, -0.05) is 18.9 Å². The maximum atomic E-state index is 14.2. The second-order valence-electron chi connectivity index (χ2n) is 7.03. The molecule has 24 heavy (non-hydrogen) atoms. The average molecular weight is 336 g/mol. The predicted molar refractivity (Wildman–Crippen MR) is 92.7 cm³/mol. The van der Waals surface area contributed by atoms with Crippen molar-refractivity contribution in [1.29, 1.82) is 0 Å². The Morgan fingerprint density at radius 3 is 2.71 bits per heavy atom. The summed E-state index contributed by atoms with van der Waals surface area (Å²) in [4.78, 5) is 4.92. The summed E-state index contributed by atoms with van der Waals surface area (Å²) in [6.45, 7) is 3.73. The van der Waals surface area contributed by atoms with Gasteiger partial charge >= 0.3 is 0 Å². The molecule has 1 atom stereocenters. The highest BCUT2D eigenvalue weighted by atomic mass is 19.1. The molecule has 1 aromatic carbocycles. The van der Waals surface area contributed by atoms with E-state index in [2.05, 4.69) is 9.80 Å². The molecule has 1 saturated carbocycles. The zero-order chi connectivity index (χ0) is 16.9. The number of nitrogens with zero attached hydrogens (tertiary/aromatic N) is 2. The molecule has 0 spiro atoms. The zero-order valence-corrected chi connectivity index (χ0v) is 14.6. The number of methoxy groups -OCH3 is 1. The fourth-order valence-corrected chi connectivity index (χ4v) is 4.22. The summed E-state index contributed by atoms with van der Waals surface area (Å²) in [5.41, 5.74) is 0.716. The van der Waals surface area contributed by atoms with E-state index in [1.54, 1.807) is 7.11 Å². The van der Waals surface area contributed by atoms with Gasteiger partial charge in [0.1, 0.15) is 11.6 Å². The molecule has 0 radical (unpaired) electrons. The Balaban J connectivity index is 1.63. The molecular weight excluding hydrogens is 307 g/mol. The number of benzene rings is 1. The van der Waals surface area contributed by atoms with Crippen LogP contribution in [0.4, 0.5) is 4.39 Å². The highest BCUT2D eigenvalue weighted by molar-refractivity contribution is 5.28. The summed E-state index contributed by atoms with van der Waals surface area (Å²) >= 11 is 0. The Labute approximate surface area is 144 Å². The first kappa shape index (κ1) is 17.6. The van der Waals surface area contributed by atoms with Gasteiger partial charge in [0.2, 0.25) is 0 Å². The van der Waals surface area contributed by atoms with E-state index in [1.807, 2.05) is 12.1 Å². The molecule has 0 aromatic heterocycles. The summed E-state index contributed by atoms with van der Waals surface area (Å²) in [5, 5.41) is 9.44. The van der Waals surface area contributed by atoms with Gasteiger partial charge in [0, 0.05) is 56.5 Å². The number of rotatable bonds is 6. The standard InChI is InChI=1S/C19H29FN2O2/c1-24-18-7-6-15(19(20)12-18)13-21-9-10-22(16-4-2-3-5-16)17(14-21)8-11-23/h6-7,12,16-17,23H,2-5,8-11,13-14H2,1H3/t17-/m1/s1. The van der Waals surface area contributed by atoms with E-state index < -0.39 is 0 Å². The van der Waals surface area contributed by atoms with Gasteiger partial charge in [-0.25, -0.2) is 4.39 Å². The van der Waals surface area contributed by atoms with Crippen LogP contribution in [0, 0.1) is 5.82 Å². The number of aliphatic hydroxyl groups is 1. The van der Waals surface area contributed by atoms with E-state index in [0.29, 0.717) is 29.9 Å². The van der Waals surface area contributed by atoms with Gasteiger partial charge in [-0.2, -0.15) is 0 Å². The summed E-state index contributed by atoms with van der Waals surface area (Å²) in [5.74, 6) is 0.353. The van der Waals surface area contributed by atoms with Crippen LogP contribution in [0.3, 0.4) is 0 Å². The lowest BCUT2D eigenvalue weighted by molar-refractivity contribution is 0.0263. The summed E-state index contributed by atoms with van der Waals surface area (Å²) in [6.07, 6.45) is 6.03. The molecule has 0 bridgehead atoms. The van der Waals surface area contributed by atoms with Gasteiger partial charge in [0.05, 0.1) is 7.11 Å². The lowest BCUT2D eigenvalue weighted by Gasteiger charge is -2.44. The van der Waals surface area contributed by atoms with E-state index in [-0.39, 0.29) is 12.4 Å². The van der Waals surface area contributed by atoms with Gasteiger partial charge in [0.25, 0.3) is 0 Å². The van der Waals surface area contributed by atoms with Crippen molar-refractivity contribution in [2.24, 2.45) is 0 Å². The second-order valence-corrected chi connectivity index (χ2v) is 7.03. The van der Waals surface area contributed by atoms with Crippen molar-refractivity contribution in [3.63, 3.8) is 0 Å². The maximum absolute atomic E-state index is 14.2. The van der Waals surface area contributed by atoms with E-state index in [9.17, 15) is 9.50 Å². The minimum Gasteiger partial charge on any atom is -0.497 e. The SMILES string of the molecule is COc1ccc(CN2CCN(C3CCCC3)[C@H](CCO)C2)c(F)c1. The third kappa shape index (κ3) is 4.08. The normalized spacial score (nSPS) is 23.7. The van der Waals surface area contributed by atoms with Crippen LogP contribution in [0.25, 0.3) is 0 Å². The van der Waals surface area contributed by atoms with E-state index >= 15 is 0 Å². The molecule has 1 aliphatic carbocycles. The molecule has 1 N–H and O–H groups in total. The molecule has 1 aliphatic heterocycles. The van der Waals surface area contributed by atoms with Crippen LogP contribution in [0.2, 0.25) is 0 Å². The minimum atomic E-state index is -0.203. The van der Waals surface area contributed by atoms with Crippen LogP contribution < -0.4 is 4.74 Å². The number of ether oxygens (including phenoxy) is 1. The summed E-state index contributed by atoms with van der Waals surface area (Å²) in [7, 11) is 1.55. The van der Waals surface area contributed by atoms with E-state index in [4.69, 9.17) is 4.74 Å². The van der Waals surface area contributed by atoms with Crippen LogP contribution in [-0.4, -0.2) is 60.3 Å². The first-order chi connectivity index (χ1) is 11.7. The fourth-order valence-electron chi connectivity index (χ4n) is 4.22. The monoisotopic (exact) mass is 336 g/mol. The largest absolute Gasteiger partial charge is 0.497 e. The molecule has 0 unspecified atom stereocenters. The Bertz CT molecular complexity index is 534. The van der Waals surface area contributed by atoms with Crippen LogP contribution in [0.15, 0.2) is 18.2 Å². The molecular formula is C19H29FN2O2. The van der Waals surface area contributed by atoms with Crippen molar-refractivity contribution in [2.45, 2.75) is 50.7 Å². The van der Waals surface area contributed by atoms with Crippen molar-refractivity contribution in [3.8, 4) is 5.75 Å². The van der Waals surface area contributed by atoms with Crippen molar-refractivity contribution in [1.82, 2.24) is 9.80 Å². The molecule has 4 nitrogen and oxygen atoms in total. The van der Waals surface area contributed by atoms with Crippen LogP contribution in [-0.2, 0) is 6.54 Å². The smallest absolute Gasteiger partial charge is 0.131 e. The first-order valence-corrected chi connectivity index (χ1v) is 9.12. The Morgan fingerprint density at radius 2 is 2.04 bits per heavy atom. The van der Waals surface area contributed by atoms with E-state index in [1.165, 1.54) is 31.7 Å². The predicted octanol–water partition coefficient (Wildman–Crippen LogP) is 2.65. The number of aliphatic hydroxyl groups excluding tert-OH is 1. The van der Waals surface area contributed by atoms with Gasteiger partial charge in [0.15, 0.2) is 0 Å². The van der Waals surface area contributed by atoms with Crippen molar-refractivity contribution < 1.29 is 14.2 Å². The first-order valence-electron chi connectivity index (χ1n) is 9.12. The van der Waals surface area contributed by atoms with Crippen LogP contribution in [0.5, 0.6) is 5.75 Å². The third-order valence-corrected chi connectivity index (χ3v) is 5.52. The Morgan fingerprint density at radius 1 is 1.25 bits per heavy atom. The van der Waals surface area contributed by atoms with Crippen molar-refractivity contribution in [3.05, 3.63) is 29.6 Å². The molecule has 5 heteroatoms. The number of hydrogen-bond acceptors (Lipinski definition) is 4. The van der Waals surface area contributed by atoms with Gasteiger partial charge < -0.3 is 9.84 Å².